The van der Waals surface area contributed by atoms with E-state index in [1.807, 2.05) is 13.8 Å². The summed E-state index contributed by atoms with van der Waals surface area (Å²) in [7, 11) is 0. The number of hydrogen-bond acceptors (Lipinski definition) is 4. The summed E-state index contributed by atoms with van der Waals surface area (Å²) in [4.78, 5) is 4.97. The summed E-state index contributed by atoms with van der Waals surface area (Å²) in [6.07, 6.45) is 2.37. The lowest BCUT2D eigenvalue weighted by atomic mass is 10.1. The molecule has 4 nitrogen and oxygen atoms in total. The number of rotatable bonds is 3. The Morgan fingerprint density at radius 1 is 1.12 bits per heavy atom. The Labute approximate surface area is 105 Å². The first-order valence-corrected chi connectivity index (χ1v) is 6.81. The average molecular weight is 242 g/mol. The number of piperazine rings is 1. The zero-order chi connectivity index (χ0) is 12.3. The molecule has 0 atom stereocenters. The highest BCUT2D eigenvalue weighted by atomic mass is 16.5. The fourth-order valence-corrected chi connectivity index (χ4v) is 2.88. The van der Waals surface area contributed by atoms with Crippen LogP contribution in [0, 0.1) is 0 Å². The quantitative estimate of drug-likeness (QED) is 0.784. The van der Waals surface area contributed by atoms with Crippen LogP contribution in [0.2, 0.25) is 0 Å². The van der Waals surface area contributed by atoms with E-state index in [0.717, 1.165) is 52.0 Å². The molecule has 100 valence electrons. The number of β-amino-alcohol motifs (C(OH)–C–C–N with tert-alkyl or cyclic N) is 1. The minimum absolute atomic E-state index is 0.569. The van der Waals surface area contributed by atoms with Gasteiger partial charge in [-0.1, -0.05) is 0 Å². The molecule has 0 amide bonds. The first-order valence-electron chi connectivity index (χ1n) is 6.81. The number of aliphatic hydroxyl groups is 1. The zero-order valence-corrected chi connectivity index (χ0v) is 11.2. The van der Waals surface area contributed by atoms with Crippen LogP contribution in [-0.2, 0) is 4.74 Å². The normalized spacial score (nSPS) is 26.3. The molecular weight excluding hydrogens is 216 g/mol. The predicted molar refractivity (Wildman–Crippen MR) is 68.2 cm³/mol. The van der Waals surface area contributed by atoms with Crippen molar-refractivity contribution in [1.82, 2.24) is 9.80 Å². The van der Waals surface area contributed by atoms with Crippen molar-refractivity contribution in [3.05, 3.63) is 0 Å². The Hall–Kier alpha value is -0.160. The third-order valence-corrected chi connectivity index (χ3v) is 3.72. The molecule has 0 aromatic rings. The van der Waals surface area contributed by atoms with Gasteiger partial charge in [0.15, 0.2) is 0 Å². The molecule has 0 unspecified atom stereocenters. The van der Waals surface area contributed by atoms with Crippen LogP contribution in [0.5, 0.6) is 0 Å². The van der Waals surface area contributed by atoms with Gasteiger partial charge in [-0.3, -0.25) is 9.80 Å². The van der Waals surface area contributed by atoms with Gasteiger partial charge in [0.25, 0.3) is 0 Å². The van der Waals surface area contributed by atoms with E-state index in [2.05, 4.69) is 9.80 Å². The van der Waals surface area contributed by atoms with Crippen LogP contribution in [0.1, 0.15) is 26.7 Å². The summed E-state index contributed by atoms with van der Waals surface area (Å²) in [5.41, 5.74) is -0.569. The molecule has 2 aliphatic rings. The first kappa shape index (κ1) is 13.3. The molecule has 1 N–H and O–H groups in total. The molecule has 0 radical (unpaired) electrons. The van der Waals surface area contributed by atoms with Gasteiger partial charge < -0.3 is 9.84 Å². The molecular formula is C13H26N2O2. The molecule has 2 heterocycles. The maximum absolute atomic E-state index is 9.81. The van der Waals surface area contributed by atoms with Gasteiger partial charge in [-0.05, 0) is 26.7 Å². The van der Waals surface area contributed by atoms with Crippen molar-refractivity contribution in [3.63, 3.8) is 0 Å². The zero-order valence-electron chi connectivity index (χ0n) is 11.2. The minimum atomic E-state index is -0.569. The van der Waals surface area contributed by atoms with Gasteiger partial charge >= 0.3 is 0 Å². The van der Waals surface area contributed by atoms with Gasteiger partial charge in [0, 0.05) is 52.0 Å². The second-order valence-electron chi connectivity index (χ2n) is 5.97. The Morgan fingerprint density at radius 3 is 2.24 bits per heavy atom. The highest BCUT2D eigenvalue weighted by Crippen LogP contribution is 2.17. The van der Waals surface area contributed by atoms with Crippen LogP contribution < -0.4 is 0 Å². The van der Waals surface area contributed by atoms with Crippen LogP contribution in [0.15, 0.2) is 0 Å². The summed E-state index contributed by atoms with van der Waals surface area (Å²) in [6, 6.07) is 0.730. The van der Waals surface area contributed by atoms with Crippen molar-refractivity contribution in [2.45, 2.75) is 38.3 Å². The molecule has 0 bridgehead atoms. The monoisotopic (exact) mass is 242 g/mol. The molecule has 2 saturated heterocycles. The van der Waals surface area contributed by atoms with Crippen molar-refractivity contribution in [1.29, 1.82) is 0 Å². The third-order valence-electron chi connectivity index (χ3n) is 3.72. The second-order valence-corrected chi connectivity index (χ2v) is 5.97. The van der Waals surface area contributed by atoms with E-state index >= 15 is 0 Å². The highest BCUT2D eigenvalue weighted by molar-refractivity contribution is 4.82. The lowest BCUT2D eigenvalue weighted by molar-refractivity contribution is -0.00990. The first-order chi connectivity index (χ1) is 8.04. The Kier molecular flexibility index (Phi) is 4.42. The molecule has 0 saturated carbocycles. The van der Waals surface area contributed by atoms with E-state index < -0.39 is 5.60 Å². The van der Waals surface area contributed by atoms with Crippen molar-refractivity contribution < 1.29 is 9.84 Å². The van der Waals surface area contributed by atoms with Crippen molar-refractivity contribution in [3.8, 4) is 0 Å². The summed E-state index contributed by atoms with van der Waals surface area (Å²) >= 11 is 0. The molecule has 2 fully saturated rings. The third kappa shape index (κ3) is 4.21. The molecule has 0 aromatic heterocycles. The average Bonchev–Trinajstić information content (AvgIpc) is 2.29. The summed E-state index contributed by atoms with van der Waals surface area (Å²) in [6.45, 7) is 10.9. The highest BCUT2D eigenvalue weighted by Gasteiger charge is 2.27. The molecule has 0 aromatic carbocycles. The van der Waals surface area contributed by atoms with Crippen LogP contribution >= 0.6 is 0 Å². The van der Waals surface area contributed by atoms with E-state index in [-0.39, 0.29) is 0 Å². The molecule has 0 spiro atoms. The standard InChI is InChI=1S/C13H26N2O2/c1-13(2,16)11-14-5-7-15(8-6-14)12-3-9-17-10-4-12/h12,16H,3-11H2,1-2H3. The van der Waals surface area contributed by atoms with Gasteiger partial charge in [-0.15, -0.1) is 0 Å². The summed E-state index contributed by atoms with van der Waals surface area (Å²) in [5, 5.41) is 9.81. The maximum atomic E-state index is 9.81. The van der Waals surface area contributed by atoms with Gasteiger partial charge in [0.1, 0.15) is 0 Å². The van der Waals surface area contributed by atoms with Gasteiger partial charge in [-0.25, -0.2) is 0 Å². The summed E-state index contributed by atoms with van der Waals surface area (Å²) in [5.74, 6) is 0. The Morgan fingerprint density at radius 2 is 1.71 bits per heavy atom. The molecule has 2 aliphatic heterocycles. The maximum Gasteiger partial charge on any atom is 0.0718 e. The van der Waals surface area contributed by atoms with Crippen LogP contribution in [0.4, 0.5) is 0 Å². The number of ether oxygens (including phenoxy) is 1. The van der Waals surface area contributed by atoms with E-state index in [4.69, 9.17) is 4.74 Å². The van der Waals surface area contributed by atoms with E-state index in [1.54, 1.807) is 0 Å². The van der Waals surface area contributed by atoms with Crippen molar-refractivity contribution in [2.24, 2.45) is 0 Å². The second kappa shape index (κ2) is 5.65. The predicted octanol–water partition coefficient (Wildman–Crippen LogP) is 0.554. The largest absolute Gasteiger partial charge is 0.389 e. The molecule has 0 aliphatic carbocycles. The lowest BCUT2D eigenvalue weighted by Gasteiger charge is -2.41. The van der Waals surface area contributed by atoms with Gasteiger partial charge in [-0.2, -0.15) is 0 Å². The topological polar surface area (TPSA) is 35.9 Å². The molecule has 2 rings (SSSR count). The fourth-order valence-electron chi connectivity index (χ4n) is 2.88. The lowest BCUT2D eigenvalue weighted by Crippen LogP contribution is -2.53. The SMILES string of the molecule is CC(C)(O)CN1CCN(C2CCOCC2)CC1. The number of nitrogens with zero attached hydrogens (tertiary/aromatic N) is 2. The fraction of sp³-hybridized carbons (Fsp3) is 1.00. The van der Waals surface area contributed by atoms with Gasteiger partial charge in [0.2, 0.25) is 0 Å². The van der Waals surface area contributed by atoms with Gasteiger partial charge in [0.05, 0.1) is 5.60 Å². The van der Waals surface area contributed by atoms with Crippen LogP contribution in [-0.4, -0.2) is 72.5 Å². The van der Waals surface area contributed by atoms with Crippen molar-refractivity contribution in [2.75, 3.05) is 45.9 Å². The van der Waals surface area contributed by atoms with E-state index in [0.29, 0.717) is 0 Å². The van der Waals surface area contributed by atoms with E-state index in [9.17, 15) is 5.11 Å². The number of hydrogen-bond donors (Lipinski definition) is 1. The molecule has 4 heteroatoms. The summed E-state index contributed by atoms with van der Waals surface area (Å²) < 4.78 is 5.41. The minimum Gasteiger partial charge on any atom is -0.389 e. The van der Waals surface area contributed by atoms with Crippen molar-refractivity contribution >= 4 is 0 Å². The van der Waals surface area contributed by atoms with Crippen LogP contribution in [0.25, 0.3) is 0 Å². The van der Waals surface area contributed by atoms with Crippen LogP contribution in [0.3, 0.4) is 0 Å². The molecule has 17 heavy (non-hydrogen) atoms. The Bertz CT molecular complexity index is 226. The Balaban J connectivity index is 1.73. The smallest absolute Gasteiger partial charge is 0.0718 e. The van der Waals surface area contributed by atoms with E-state index in [1.165, 1.54) is 12.8 Å².